The number of hydrogen-bond donors (Lipinski definition) is 3. The number of H-pyrrole nitrogens is 1. The molecule has 1 saturated heterocycles. The second-order valence-electron chi connectivity index (χ2n) is 11.7. The number of phosphoric ester groups is 1. The molecule has 5 atom stereocenters. The first-order valence-electron chi connectivity index (χ1n) is 15.3. The van der Waals surface area contributed by atoms with Crippen LogP contribution in [0, 0.1) is 17.2 Å². The molecule has 0 aliphatic carbocycles. The minimum absolute atomic E-state index is 0.000633. The monoisotopic (exact) mass is 727 g/mol. The fourth-order valence-corrected chi connectivity index (χ4v) is 7.62. The Labute approximate surface area is 284 Å². The fourth-order valence-electron chi connectivity index (χ4n) is 4.84. The van der Waals surface area contributed by atoms with Gasteiger partial charge in [-0.2, -0.15) is 10.2 Å². The van der Waals surface area contributed by atoms with Crippen LogP contribution in [0.2, 0.25) is 5.02 Å². The Kier molecular flexibility index (Phi) is 13.1. The molecule has 0 spiro atoms. The van der Waals surface area contributed by atoms with Crippen LogP contribution in [0.1, 0.15) is 60.6 Å². The van der Waals surface area contributed by atoms with Crippen molar-refractivity contribution in [2.24, 2.45) is 5.92 Å². The largest absolute Gasteiger partial charge is 0.527 e. The number of fused-ring (bicyclic) bond motifs is 1. The Bertz CT molecular complexity index is 1710. The number of benzene rings is 1. The van der Waals surface area contributed by atoms with Crippen molar-refractivity contribution < 1.29 is 37.1 Å². The highest BCUT2D eigenvalue weighted by molar-refractivity contribution is 7.47. The molecule has 0 saturated carbocycles. The molecule has 16 nitrogen and oxygen atoms in total. The zero-order valence-corrected chi connectivity index (χ0v) is 29.9. The highest BCUT2D eigenvalue weighted by Crippen LogP contribution is 2.51. The smallest absolute Gasteiger partial charge is 0.403 e. The number of phosphoric acid groups is 1. The maximum atomic E-state index is 13.0. The third-order valence-corrected chi connectivity index (χ3v) is 10.4. The molecule has 1 aliphatic rings. The Hall–Kier alpha value is -2.96. The van der Waals surface area contributed by atoms with Crippen LogP contribution < -0.4 is 15.4 Å². The number of anilines is 1. The standard InChI is InChI=1S/C29H40ClN7O9P2/c1-17(2)27(38)34-29-33-26-25(28(39)35-29)32-16-36(26)24-14-22(45-47(42-13-9-12-31)37(18(3)4)19(5)6)23(44-24)15-43-48(40,41)46-21-11-8-7-10-20(21)30/h7-8,10-11,16-19,22-24H,9,13-15H2,1-6H3,(H,40,41)(H2,33,34,35,38,39)/t22-,23+,24+,47?/m0/s1. The van der Waals surface area contributed by atoms with E-state index in [2.05, 4.69) is 26.3 Å². The molecule has 3 N–H and O–H groups in total. The molecule has 1 fully saturated rings. The maximum absolute atomic E-state index is 13.0. The first-order valence-corrected chi connectivity index (χ1v) is 18.3. The molecule has 3 aromatic rings. The third-order valence-electron chi connectivity index (χ3n) is 7.03. The van der Waals surface area contributed by atoms with Crippen LogP contribution in [0.3, 0.4) is 0 Å². The molecule has 48 heavy (non-hydrogen) atoms. The lowest BCUT2D eigenvalue weighted by atomic mass is 10.2. The van der Waals surface area contributed by atoms with Gasteiger partial charge in [-0.05, 0) is 39.8 Å². The van der Waals surface area contributed by atoms with Crippen LogP contribution in [-0.2, 0) is 27.7 Å². The summed E-state index contributed by atoms with van der Waals surface area (Å²) in [5, 5.41) is 11.8. The lowest BCUT2D eigenvalue weighted by Gasteiger charge is -2.37. The number of halogens is 1. The molecule has 3 heterocycles. The number of rotatable bonds is 16. The van der Waals surface area contributed by atoms with Crippen molar-refractivity contribution in [2.45, 2.75) is 84.9 Å². The molecule has 4 rings (SSSR count). The molecule has 1 amide bonds. The SMILES string of the molecule is CC(C)C(=O)Nc1nc2c(ncn2[C@H]2C[C@H](OP(OCCC#N)N(C(C)C)C(C)C)[C@@H](COP(=O)(O)Oc3ccccc3Cl)O2)c(=O)[nH]1. The number of aromatic amines is 1. The minimum Gasteiger partial charge on any atom is -0.403 e. The molecule has 0 radical (unpaired) electrons. The van der Waals surface area contributed by atoms with E-state index in [9.17, 15) is 19.0 Å². The first kappa shape index (κ1) is 37.9. The van der Waals surface area contributed by atoms with E-state index in [1.54, 1.807) is 26.0 Å². The Morgan fingerprint density at radius 1 is 1.29 bits per heavy atom. The van der Waals surface area contributed by atoms with Crippen LogP contribution >= 0.6 is 27.9 Å². The molecule has 262 valence electrons. The van der Waals surface area contributed by atoms with Crippen molar-refractivity contribution in [1.29, 1.82) is 5.26 Å². The van der Waals surface area contributed by atoms with Gasteiger partial charge in [-0.1, -0.05) is 37.6 Å². The quantitative estimate of drug-likeness (QED) is 0.123. The first-order chi connectivity index (χ1) is 22.7. The summed E-state index contributed by atoms with van der Waals surface area (Å²) in [5.41, 5.74) is -0.420. The zero-order valence-electron chi connectivity index (χ0n) is 27.4. The van der Waals surface area contributed by atoms with E-state index >= 15 is 0 Å². The van der Waals surface area contributed by atoms with Crippen molar-refractivity contribution in [1.82, 2.24) is 24.2 Å². The normalized spacial score (nSPS) is 20.0. The average Bonchev–Trinajstić information content (AvgIpc) is 3.61. The zero-order chi connectivity index (χ0) is 35.2. The van der Waals surface area contributed by atoms with E-state index in [0.717, 1.165) is 0 Å². The van der Waals surface area contributed by atoms with Gasteiger partial charge in [-0.3, -0.25) is 33.9 Å². The van der Waals surface area contributed by atoms with Gasteiger partial charge in [0.1, 0.15) is 18.1 Å². The summed E-state index contributed by atoms with van der Waals surface area (Å²) in [4.78, 5) is 46.9. The van der Waals surface area contributed by atoms with E-state index in [1.807, 2.05) is 32.4 Å². The number of nitrogens with zero attached hydrogens (tertiary/aromatic N) is 5. The number of ether oxygens (including phenoxy) is 1. The highest BCUT2D eigenvalue weighted by atomic mass is 35.5. The highest BCUT2D eigenvalue weighted by Gasteiger charge is 2.43. The molecule has 1 aromatic carbocycles. The summed E-state index contributed by atoms with van der Waals surface area (Å²) in [7, 11) is -6.44. The Morgan fingerprint density at radius 3 is 2.65 bits per heavy atom. The Morgan fingerprint density at radius 2 is 2.00 bits per heavy atom. The minimum atomic E-state index is -4.69. The van der Waals surface area contributed by atoms with E-state index in [4.69, 9.17) is 39.7 Å². The molecule has 0 bridgehead atoms. The predicted octanol–water partition coefficient (Wildman–Crippen LogP) is 5.51. The van der Waals surface area contributed by atoms with Crippen LogP contribution in [-0.4, -0.2) is 72.5 Å². The van der Waals surface area contributed by atoms with Gasteiger partial charge in [0.25, 0.3) is 14.1 Å². The second-order valence-corrected chi connectivity index (χ2v) is 14.9. The van der Waals surface area contributed by atoms with Crippen LogP contribution in [0.4, 0.5) is 5.95 Å². The summed E-state index contributed by atoms with van der Waals surface area (Å²) in [6.45, 7) is 11.0. The van der Waals surface area contributed by atoms with Gasteiger partial charge in [0.2, 0.25) is 11.9 Å². The number of hydrogen-bond acceptors (Lipinski definition) is 12. The number of amides is 1. The molecular weight excluding hydrogens is 688 g/mol. The van der Waals surface area contributed by atoms with Gasteiger partial charge in [0, 0.05) is 24.4 Å². The number of imidazole rings is 1. The number of carbonyl (C=O) groups excluding carboxylic acids is 1. The molecule has 19 heteroatoms. The molecule has 2 aromatic heterocycles. The van der Waals surface area contributed by atoms with E-state index < -0.39 is 47.0 Å². The van der Waals surface area contributed by atoms with E-state index in [1.165, 1.54) is 23.0 Å². The van der Waals surface area contributed by atoms with Crippen molar-refractivity contribution in [3.05, 3.63) is 46.0 Å². The van der Waals surface area contributed by atoms with Gasteiger partial charge in [-0.15, -0.1) is 0 Å². The summed E-state index contributed by atoms with van der Waals surface area (Å²) in [5.74, 6) is -0.805. The average molecular weight is 728 g/mol. The van der Waals surface area contributed by atoms with Crippen molar-refractivity contribution in [3.8, 4) is 11.8 Å². The van der Waals surface area contributed by atoms with Gasteiger partial charge < -0.3 is 18.3 Å². The van der Waals surface area contributed by atoms with Gasteiger partial charge >= 0.3 is 7.82 Å². The van der Waals surface area contributed by atoms with Gasteiger partial charge in [0.05, 0.1) is 43.2 Å². The Balaban J connectivity index is 1.65. The third kappa shape index (κ3) is 9.59. The summed E-state index contributed by atoms with van der Waals surface area (Å²) >= 11 is 6.10. The topological polar surface area (TPSA) is 203 Å². The summed E-state index contributed by atoms with van der Waals surface area (Å²) in [6, 6.07) is 8.23. The number of aromatic nitrogens is 4. The predicted molar refractivity (Wildman–Crippen MR) is 178 cm³/mol. The van der Waals surface area contributed by atoms with Crippen LogP contribution in [0.5, 0.6) is 5.75 Å². The van der Waals surface area contributed by atoms with E-state index in [0.29, 0.717) is 0 Å². The number of nitrogens with one attached hydrogen (secondary N) is 2. The van der Waals surface area contributed by atoms with Crippen molar-refractivity contribution >= 4 is 51.0 Å². The van der Waals surface area contributed by atoms with Crippen LogP contribution in [0.25, 0.3) is 11.2 Å². The van der Waals surface area contributed by atoms with Gasteiger partial charge in [0.15, 0.2) is 11.2 Å². The lowest BCUT2D eigenvalue weighted by Crippen LogP contribution is -2.36. The lowest BCUT2D eigenvalue weighted by molar-refractivity contribution is -0.118. The molecular formula is C29H40ClN7O9P2. The maximum Gasteiger partial charge on any atom is 0.527 e. The van der Waals surface area contributed by atoms with Gasteiger partial charge in [-0.25, -0.2) is 14.2 Å². The second kappa shape index (κ2) is 16.6. The number of para-hydroxylation sites is 1. The fraction of sp³-hybridized carbons (Fsp3) is 0.552. The van der Waals surface area contributed by atoms with Crippen LogP contribution in [0.15, 0.2) is 35.4 Å². The summed E-state index contributed by atoms with van der Waals surface area (Å²) in [6.07, 6.45) is -0.871. The van der Waals surface area contributed by atoms with E-state index in [-0.39, 0.29) is 71.2 Å². The molecule has 1 aliphatic heterocycles. The number of nitriles is 1. The number of carbonyl (C=O) groups is 1. The summed E-state index contributed by atoms with van der Waals surface area (Å²) < 4.78 is 46.1. The van der Waals surface area contributed by atoms with Crippen molar-refractivity contribution in [3.63, 3.8) is 0 Å². The molecule has 2 unspecified atom stereocenters. The van der Waals surface area contributed by atoms with Crippen molar-refractivity contribution in [2.75, 3.05) is 18.5 Å².